The third-order valence-corrected chi connectivity index (χ3v) is 5.64. The Morgan fingerprint density at radius 1 is 0.667 bits per heavy atom. The van der Waals surface area contributed by atoms with Crippen LogP contribution < -0.4 is 0 Å². The van der Waals surface area contributed by atoms with Crippen LogP contribution in [-0.4, -0.2) is 36.2 Å². The summed E-state index contributed by atoms with van der Waals surface area (Å²) in [5.41, 5.74) is -0.879. The first-order valence-electron chi connectivity index (χ1n) is 6.46. The molecule has 130 valence electrons. The highest BCUT2D eigenvalue weighted by Crippen LogP contribution is 2.40. The van der Waals surface area contributed by atoms with E-state index in [2.05, 4.69) is 0 Å². The minimum Gasteiger partial charge on any atom is -0.508 e. The van der Waals surface area contributed by atoms with Crippen molar-refractivity contribution in [3.05, 3.63) is 35.4 Å². The summed E-state index contributed by atoms with van der Waals surface area (Å²) in [7, 11) is -9.64. The molecule has 2 rings (SSSR count). The van der Waals surface area contributed by atoms with E-state index in [1.54, 1.807) is 0 Å². The molecule has 0 aliphatic heterocycles. The summed E-state index contributed by atoms with van der Waals surface area (Å²) < 4.78 is 65.7. The van der Waals surface area contributed by atoms with Crippen LogP contribution in [0.5, 0.6) is 11.5 Å². The van der Waals surface area contributed by atoms with Gasteiger partial charge >= 0.3 is 0 Å². The van der Waals surface area contributed by atoms with Crippen molar-refractivity contribution in [2.24, 2.45) is 0 Å². The smallest absolute Gasteiger partial charge is 0.295 e. The quantitative estimate of drug-likeness (QED) is 0.595. The maximum atomic E-state index is 11.7. The Morgan fingerprint density at radius 3 is 1.21 bits per heavy atom. The Bertz CT molecular complexity index is 951. The fraction of sp³-hybridized carbons (Fsp3) is 0.143. The second-order valence-electron chi connectivity index (χ2n) is 5.12. The van der Waals surface area contributed by atoms with Gasteiger partial charge in [-0.15, -0.1) is 0 Å². The minimum atomic E-state index is -4.82. The van der Waals surface area contributed by atoms with Crippen molar-refractivity contribution >= 4 is 20.2 Å². The Kier molecular flexibility index (Phi) is 4.35. The maximum Gasteiger partial charge on any atom is 0.295 e. The summed E-state index contributed by atoms with van der Waals surface area (Å²) >= 11 is 0. The molecule has 0 aliphatic rings. The standard InChI is InChI=1S/C14H14O8S2/c1-7-11(15)5-3-9(13(7)23(17,18)19)10-4-6-12(16)8(2)14(10)24(20,21)22/h3-6,15-16H,1-2H3,(H,17,18,19)(H,20,21,22). The monoisotopic (exact) mass is 374 g/mol. The van der Waals surface area contributed by atoms with Gasteiger partial charge in [0.1, 0.15) is 21.3 Å². The number of hydrogen-bond donors (Lipinski definition) is 4. The van der Waals surface area contributed by atoms with E-state index < -0.39 is 41.5 Å². The van der Waals surface area contributed by atoms with Crippen molar-refractivity contribution < 1.29 is 36.2 Å². The lowest BCUT2D eigenvalue weighted by Crippen LogP contribution is -2.08. The third-order valence-electron chi connectivity index (χ3n) is 3.56. The fourth-order valence-corrected chi connectivity index (χ4v) is 4.35. The van der Waals surface area contributed by atoms with Gasteiger partial charge in [0.15, 0.2) is 0 Å². The molecule has 0 aliphatic carbocycles. The summed E-state index contributed by atoms with van der Waals surface area (Å²) in [5.74, 6) is -0.842. The summed E-state index contributed by atoms with van der Waals surface area (Å²) in [6.45, 7) is 2.45. The number of hydrogen-bond acceptors (Lipinski definition) is 6. The van der Waals surface area contributed by atoms with E-state index in [9.17, 15) is 36.2 Å². The molecular formula is C14H14O8S2. The molecule has 0 saturated carbocycles. The molecule has 0 radical (unpaired) electrons. The molecule has 0 heterocycles. The lowest BCUT2D eigenvalue weighted by atomic mass is 10.0. The van der Waals surface area contributed by atoms with Crippen LogP contribution >= 0.6 is 0 Å². The maximum absolute atomic E-state index is 11.7. The topological polar surface area (TPSA) is 149 Å². The van der Waals surface area contributed by atoms with Gasteiger partial charge in [0.05, 0.1) is 0 Å². The van der Waals surface area contributed by atoms with Gasteiger partial charge in [-0.25, -0.2) is 0 Å². The van der Waals surface area contributed by atoms with Gasteiger partial charge in [-0.3, -0.25) is 9.11 Å². The molecule has 0 fully saturated rings. The van der Waals surface area contributed by atoms with Crippen molar-refractivity contribution in [1.82, 2.24) is 0 Å². The molecule has 10 heteroatoms. The molecule has 24 heavy (non-hydrogen) atoms. The lowest BCUT2D eigenvalue weighted by molar-refractivity contribution is 0.460. The van der Waals surface area contributed by atoms with Crippen molar-refractivity contribution in [1.29, 1.82) is 0 Å². The van der Waals surface area contributed by atoms with Crippen LogP contribution in [-0.2, 0) is 20.2 Å². The Labute approximate surface area is 138 Å². The molecule has 2 aromatic carbocycles. The average molecular weight is 374 g/mol. The van der Waals surface area contributed by atoms with Crippen molar-refractivity contribution in [3.8, 4) is 22.6 Å². The molecule has 0 bridgehead atoms. The molecule has 0 amide bonds. The SMILES string of the molecule is Cc1c(O)ccc(-c2ccc(O)c(C)c2S(=O)(=O)O)c1S(=O)(=O)O. The first-order chi connectivity index (χ1) is 10.9. The van der Waals surface area contributed by atoms with Crippen molar-refractivity contribution in [2.45, 2.75) is 23.6 Å². The van der Waals surface area contributed by atoms with Gasteiger partial charge in [-0.2, -0.15) is 16.8 Å². The molecule has 4 N–H and O–H groups in total. The predicted molar refractivity (Wildman–Crippen MR) is 84.3 cm³/mol. The molecular weight excluding hydrogens is 360 g/mol. The second kappa shape index (κ2) is 5.74. The van der Waals surface area contributed by atoms with Crippen LogP contribution in [0.15, 0.2) is 34.1 Å². The fourth-order valence-electron chi connectivity index (χ4n) is 2.45. The zero-order valence-corrected chi connectivity index (χ0v) is 14.2. The Balaban J connectivity index is 3.06. The van der Waals surface area contributed by atoms with E-state index in [4.69, 9.17) is 0 Å². The van der Waals surface area contributed by atoms with Crippen molar-refractivity contribution in [2.75, 3.05) is 0 Å². The van der Waals surface area contributed by atoms with Gasteiger partial charge in [-0.1, -0.05) is 0 Å². The van der Waals surface area contributed by atoms with Gasteiger partial charge in [0.25, 0.3) is 20.2 Å². The molecule has 8 nitrogen and oxygen atoms in total. The van der Waals surface area contributed by atoms with Crippen LogP contribution in [0.3, 0.4) is 0 Å². The highest BCUT2D eigenvalue weighted by molar-refractivity contribution is 7.86. The molecule has 0 unspecified atom stereocenters. The first-order valence-corrected chi connectivity index (χ1v) is 9.34. The summed E-state index contributed by atoms with van der Waals surface area (Å²) in [6, 6.07) is 4.42. The summed E-state index contributed by atoms with van der Waals surface area (Å²) in [4.78, 5) is -1.39. The largest absolute Gasteiger partial charge is 0.508 e. The molecule has 0 spiro atoms. The van der Waals surface area contributed by atoms with Crippen LogP contribution in [0.2, 0.25) is 0 Å². The van der Waals surface area contributed by atoms with Crippen LogP contribution in [0.4, 0.5) is 0 Å². The minimum absolute atomic E-state index is 0.193. The van der Waals surface area contributed by atoms with Gasteiger partial charge < -0.3 is 10.2 Å². The van der Waals surface area contributed by atoms with E-state index in [1.165, 1.54) is 13.8 Å². The average Bonchev–Trinajstić information content (AvgIpc) is 2.41. The van der Waals surface area contributed by atoms with Gasteiger partial charge in [0, 0.05) is 22.3 Å². The predicted octanol–water partition coefficient (Wildman–Crippen LogP) is 1.88. The summed E-state index contributed by atoms with van der Waals surface area (Å²) in [6.07, 6.45) is 0. The normalized spacial score (nSPS) is 12.3. The first kappa shape index (κ1) is 18.2. The van der Waals surface area contributed by atoms with Crippen LogP contribution in [0.1, 0.15) is 11.1 Å². The molecule has 2 aromatic rings. The number of aromatic hydroxyl groups is 2. The van der Waals surface area contributed by atoms with Crippen molar-refractivity contribution in [3.63, 3.8) is 0 Å². The van der Waals surface area contributed by atoms with E-state index in [-0.39, 0.29) is 22.3 Å². The number of phenolic OH excluding ortho intramolecular Hbond substituents is 2. The molecule has 0 saturated heterocycles. The zero-order valence-electron chi connectivity index (χ0n) is 12.5. The number of rotatable bonds is 3. The van der Waals surface area contributed by atoms with E-state index >= 15 is 0 Å². The number of benzene rings is 2. The Morgan fingerprint density at radius 2 is 0.958 bits per heavy atom. The zero-order chi connectivity index (χ0) is 18.4. The van der Waals surface area contributed by atoms with E-state index in [0.29, 0.717) is 0 Å². The van der Waals surface area contributed by atoms with E-state index in [0.717, 1.165) is 24.3 Å². The number of phenols is 2. The Hall–Kier alpha value is -2.14. The molecule has 0 atom stereocenters. The summed E-state index contributed by atoms with van der Waals surface area (Å²) in [5, 5.41) is 19.4. The van der Waals surface area contributed by atoms with Gasteiger partial charge in [0.2, 0.25) is 0 Å². The third kappa shape index (κ3) is 3.08. The van der Waals surface area contributed by atoms with Crippen LogP contribution in [0.25, 0.3) is 11.1 Å². The lowest BCUT2D eigenvalue weighted by Gasteiger charge is -2.16. The highest BCUT2D eigenvalue weighted by Gasteiger charge is 2.28. The molecule has 0 aromatic heterocycles. The second-order valence-corrected chi connectivity index (χ2v) is 7.84. The van der Waals surface area contributed by atoms with Crippen LogP contribution in [0, 0.1) is 13.8 Å². The van der Waals surface area contributed by atoms with E-state index in [1.807, 2.05) is 0 Å². The highest BCUT2D eigenvalue weighted by atomic mass is 32.2. The van der Waals surface area contributed by atoms with Gasteiger partial charge in [-0.05, 0) is 38.1 Å².